The lowest BCUT2D eigenvalue weighted by atomic mass is 10.1. The Morgan fingerprint density at radius 2 is 2.53 bits per heavy atom. The Balaban J connectivity index is 2.13. The van der Waals surface area contributed by atoms with Crippen LogP contribution in [0.2, 0.25) is 0 Å². The fraction of sp³-hybridized carbons (Fsp3) is 0.583. The number of hydrogen-bond acceptors (Lipinski definition) is 3. The Morgan fingerprint density at radius 3 is 3.27 bits per heavy atom. The van der Waals surface area contributed by atoms with Crippen LogP contribution < -0.4 is 10.6 Å². The van der Waals surface area contributed by atoms with Gasteiger partial charge in [-0.1, -0.05) is 13.0 Å². The molecule has 0 aromatic carbocycles. The lowest BCUT2D eigenvalue weighted by molar-refractivity contribution is 0.646. The quantitative estimate of drug-likeness (QED) is 0.792. The molecule has 3 heteroatoms. The van der Waals surface area contributed by atoms with Crippen LogP contribution in [0.5, 0.6) is 0 Å². The smallest absolute Gasteiger partial charge is 0.130 e. The summed E-state index contributed by atoms with van der Waals surface area (Å²) in [5, 5.41) is 6.90. The molecule has 0 unspecified atom stereocenters. The molecule has 15 heavy (non-hydrogen) atoms. The summed E-state index contributed by atoms with van der Waals surface area (Å²) in [6.45, 7) is 4.30. The maximum atomic E-state index is 4.41. The van der Waals surface area contributed by atoms with Gasteiger partial charge >= 0.3 is 0 Å². The van der Waals surface area contributed by atoms with Crippen LogP contribution in [0.3, 0.4) is 0 Å². The van der Waals surface area contributed by atoms with Crippen LogP contribution in [0, 0.1) is 0 Å². The highest BCUT2D eigenvalue weighted by Gasteiger charge is 2.19. The van der Waals surface area contributed by atoms with Gasteiger partial charge in [0.25, 0.3) is 0 Å². The molecule has 2 heterocycles. The highest BCUT2D eigenvalue weighted by atomic mass is 15.0. The fourth-order valence-corrected chi connectivity index (χ4v) is 2.04. The summed E-state index contributed by atoms with van der Waals surface area (Å²) in [5.74, 6) is 1.05. The second-order valence-electron chi connectivity index (χ2n) is 4.02. The molecule has 1 aliphatic heterocycles. The highest BCUT2D eigenvalue weighted by Crippen LogP contribution is 2.27. The van der Waals surface area contributed by atoms with E-state index in [0.29, 0.717) is 6.04 Å². The normalized spacial score (nSPS) is 20.5. The fourth-order valence-electron chi connectivity index (χ4n) is 2.04. The average molecular weight is 205 g/mol. The second-order valence-corrected chi connectivity index (χ2v) is 4.02. The molecule has 1 aromatic heterocycles. The van der Waals surface area contributed by atoms with Gasteiger partial charge in [-0.05, 0) is 31.9 Å². The molecule has 1 atom stereocenters. The van der Waals surface area contributed by atoms with E-state index >= 15 is 0 Å². The molecule has 0 radical (unpaired) electrons. The van der Waals surface area contributed by atoms with E-state index in [9.17, 15) is 0 Å². The van der Waals surface area contributed by atoms with Crippen LogP contribution in [-0.2, 0) is 0 Å². The maximum Gasteiger partial charge on any atom is 0.130 e. The zero-order valence-corrected chi connectivity index (χ0v) is 9.29. The van der Waals surface area contributed by atoms with Crippen molar-refractivity contribution in [3.05, 3.63) is 23.9 Å². The van der Waals surface area contributed by atoms with Crippen LogP contribution in [0.25, 0.3) is 0 Å². The van der Waals surface area contributed by atoms with Crippen LogP contribution in [0.1, 0.15) is 37.8 Å². The van der Waals surface area contributed by atoms with Crippen LogP contribution in [0.4, 0.5) is 5.82 Å². The Hall–Kier alpha value is -1.09. The molecular weight excluding hydrogens is 186 g/mol. The Bertz CT molecular complexity index is 305. The molecule has 2 rings (SSSR count). The van der Waals surface area contributed by atoms with Gasteiger partial charge in [0, 0.05) is 24.3 Å². The number of rotatable bonds is 4. The van der Waals surface area contributed by atoms with E-state index < -0.39 is 0 Å². The first-order chi connectivity index (χ1) is 7.42. The van der Waals surface area contributed by atoms with Crippen molar-refractivity contribution in [2.45, 2.75) is 32.2 Å². The summed E-state index contributed by atoms with van der Waals surface area (Å²) in [5.41, 5.74) is 1.32. The first kappa shape index (κ1) is 10.4. The summed E-state index contributed by atoms with van der Waals surface area (Å²) in [4.78, 5) is 4.41. The standard InChI is InChI=1S/C12H19N3/c1-2-7-14-12-10(5-3-9-15-12)11-6-4-8-13-11/h3,5,9,11,13H,2,4,6-8H2,1H3,(H,14,15)/t11-/m1/s1. The van der Waals surface area contributed by atoms with E-state index in [2.05, 4.69) is 28.6 Å². The number of hydrogen-bond donors (Lipinski definition) is 2. The Morgan fingerprint density at radius 1 is 1.60 bits per heavy atom. The lowest BCUT2D eigenvalue weighted by Gasteiger charge is -2.15. The molecule has 1 aliphatic rings. The van der Waals surface area contributed by atoms with Gasteiger partial charge in [-0.25, -0.2) is 4.98 Å². The zero-order valence-electron chi connectivity index (χ0n) is 9.29. The molecule has 1 fully saturated rings. The van der Waals surface area contributed by atoms with Gasteiger partial charge in [0.1, 0.15) is 5.82 Å². The van der Waals surface area contributed by atoms with Crippen molar-refractivity contribution in [3.63, 3.8) is 0 Å². The maximum absolute atomic E-state index is 4.41. The minimum Gasteiger partial charge on any atom is -0.370 e. The van der Waals surface area contributed by atoms with Crippen LogP contribution >= 0.6 is 0 Å². The van der Waals surface area contributed by atoms with Crippen molar-refractivity contribution >= 4 is 5.82 Å². The van der Waals surface area contributed by atoms with Gasteiger partial charge in [0.2, 0.25) is 0 Å². The third kappa shape index (κ3) is 2.48. The monoisotopic (exact) mass is 205 g/mol. The van der Waals surface area contributed by atoms with Crippen molar-refractivity contribution < 1.29 is 0 Å². The zero-order chi connectivity index (χ0) is 10.5. The molecule has 3 nitrogen and oxygen atoms in total. The second kappa shape index (κ2) is 5.12. The van der Waals surface area contributed by atoms with E-state index in [1.807, 2.05) is 12.3 Å². The molecule has 0 aliphatic carbocycles. The first-order valence-electron chi connectivity index (χ1n) is 5.84. The van der Waals surface area contributed by atoms with Gasteiger partial charge in [-0.3, -0.25) is 0 Å². The van der Waals surface area contributed by atoms with Crippen molar-refractivity contribution in [1.29, 1.82) is 0 Å². The van der Waals surface area contributed by atoms with Crippen molar-refractivity contribution in [2.24, 2.45) is 0 Å². The third-order valence-electron chi connectivity index (χ3n) is 2.82. The van der Waals surface area contributed by atoms with Crippen LogP contribution in [-0.4, -0.2) is 18.1 Å². The topological polar surface area (TPSA) is 37.0 Å². The molecule has 1 saturated heterocycles. The molecule has 2 N–H and O–H groups in total. The molecule has 0 amide bonds. The van der Waals surface area contributed by atoms with Crippen LogP contribution in [0.15, 0.2) is 18.3 Å². The average Bonchev–Trinajstić information content (AvgIpc) is 2.80. The van der Waals surface area contributed by atoms with Gasteiger partial charge in [0.15, 0.2) is 0 Å². The summed E-state index contributed by atoms with van der Waals surface area (Å²) < 4.78 is 0. The Labute approximate surface area is 91.3 Å². The number of pyridine rings is 1. The van der Waals surface area contributed by atoms with Crippen molar-refractivity contribution in [3.8, 4) is 0 Å². The van der Waals surface area contributed by atoms with E-state index in [-0.39, 0.29) is 0 Å². The molecule has 0 spiro atoms. The molecular formula is C12H19N3. The molecule has 0 saturated carbocycles. The summed E-state index contributed by atoms with van der Waals surface area (Å²) in [6.07, 6.45) is 5.49. The van der Waals surface area contributed by atoms with Crippen molar-refractivity contribution in [2.75, 3.05) is 18.4 Å². The minimum atomic E-state index is 0.498. The van der Waals surface area contributed by atoms with E-state index in [0.717, 1.165) is 25.3 Å². The van der Waals surface area contributed by atoms with E-state index in [1.165, 1.54) is 18.4 Å². The predicted molar refractivity (Wildman–Crippen MR) is 63.0 cm³/mol. The molecule has 82 valence electrons. The summed E-state index contributed by atoms with van der Waals surface area (Å²) in [6, 6.07) is 4.69. The van der Waals surface area contributed by atoms with E-state index in [4.69, 9.17) is 0 Å². The third-order valence-corrected chi connectivity index (χ3v) is 2.82. The number of nitrogens with zero attached hydrogens (tertiary/aromatic N) is 1. The SMILES string of the molecule is CCCNc1ncccc1[C@H]1CCCN1. The van der Waals surface area contributed by atoms with Gasteiger partial charge < -0.3 is 10.6 Å². The van der Waals surface area contributed by atoms with Crippen molar-refractivity contribution in [1.82, 2.24) is 10.3 Å². The lowest BCUT2D eigenvalue weighted by Crippen LogP contribution is -2.16. The highest BCUT2D eigenvalue weighted by molar-refractivity contribution is 5.45. The summed E-state index contributed by atoms with van der Waals surface area (Å²) in [7, 11) is 0. The minimum absolute atomic E-state index is 0.498. The summed E-state index contributed by atoms with van der Waals surface area (Å²) >= 11 is 0. The first-order valence-corrected chi connectivity index (χ1v) is 5.84. The number of anilines is 1. The molecule has 1 aromatic rings. The Kier molecular flexibility index (Phi) is 3.56. The largest absolute Gasteiger partial charge is 0.370 e. The predicted octanol–water partition coefficient (Wildman–Crippen LogP) is 2.33. The van der Waals surface area contributed by atoms with Gasteiger partial charge in [-0.2, -0.15) is 0 Å². The van der Waals surface area contributed by atoms with Gasteiger partial charge in [0.05, 0.1) is 0 Å². The number of nitrogens with one attached hydrogen (secondary N) is 2. The number of aromatic nitrogens is 1. The molecule has 0 bridgehead atoms. The van der Waals surface area contributed by atoms with E-state index in [1.54, 1.807) is 0 Å². The van der Waals surface area contributed by atoms with Gasteiger partial charge in [-0.15, -0.1) is 0 Å².